The smallest absolute Gasteiger partial charge is 0.241 e. The Balaban J connectivity index is 1.17. The zero-order valence-corrected chi connectivity index (χ0v) is 18.2. The molecule has 0 spiro atoms. The lowest BCUT2D eigenvalue weighted by molar-refractivity contribution is 0.215. The summed E-state index contributed by atoms with van der Waals surface area (Å²) in [6, 6.07) is 12.8. The van der Waals surface area contributed by atoms with E-state index >= 15 is 0 Å². The van der Waals surface area contributed by atoms with E-state index in [9.17, 15) is 0 Å². The summed E-state index contributed by atoms with van der Waals surface area (Å²) in [6.07, 6.45) is 5.67. The van der Waals surface area contributed by atoms with E-state index in [0.29, 0.717) is 18.3 Å². The van der Waals surface area contributed by atoms with Gasteiger partial charge in [0.1, 0.15) is 5.82 Å². The maximum absolute atomic E-state index is 5.54. The minimum atomic E-state index is 0.617. The SMILES string of the molecule is Cc1cccc(N2CCN(Cc3nc(-c4ccc(N5CCCCC5)nc4)no3)CC2)c1. The fourth-order valence-corrected chi connectivity index (χ4v) is 4.44. The normalized spacial score (nSPS) is 17.8. The molecule has 2 fully saturated rings. The molecule has 0 N–H and O–H groups in total. The minimum Gasteiger partial charge on any atom is -0.369 e. The zero-order valence-electron chi connectivity index (χ0n) is 18.2. The van der Waals surface area contributed by atoms with Crippen LogP contribution in [0.25, 0.3) is 11.4 Å². The van der Waals surface area contributed by atoms with Crippen LogP contribution in [-0.2, 0) is 6.54 Å². The minimum absolute atomic E-state index is 0.617. The van der Waals surface area contributed by atoms with E-state index in [1.807, 2.05) is 12.3 Å². The summed E-state index contributed by atoms with van der Waals surface area (Å²) in [5.74, 6) is 2.32. The lowest BCUT2D eigenvalue weighted by Crippen LogP contribution is -2.46. The van der Waals surface area contributed by atoms with Gasteiger partial charge in [-0.2, -0.15) is 4.98 Å². The Kier molecular flexibility index (Phi) is 5.84. The molecule has 31 heavy (non-hydrogen) atoms. The Bertz CT molecular complexity index is 987. The van der Waals surface area contributed by atoms with Crippen molar-refractivity contribution in [1.82, 2.24) is 20.0 Å². The first-order valence-electron chi connectivity index (χ1n) is 11.3. The van der Waals surface area contributed by atoms with Gasteiger partial charge in [0.2, 0.25) is 11.7 Å². The van der Waals surface area contributed by atoms with Crippen LogP contribution < -0.4 is 9.80 Å². The van der Waals surface area contributed by atoms with Crippen LogP contribution in [0.2, 0.25) is 0 Å². The molecule has 5 rings (SSSR count). The predicted octanol–water partition coefficient (Wildman–Crippen LogP) is 3.75. The Hall–Kier alpha value is -2.93. The number of hydrogen-bond acceptors (Lipinski definition) is 7. The second kappa shape index (κ2) is 9.06. The molecule has 0 atom stereocenters. The Morgan fingerprint density at radius 3 is 2.48 bits per heavy atom. The van der Waals surface area contributed by atoms with Crippen molar-refractivity contribution in [2.45, 2.75) is 32.7 Å². The number of piperazine rings is 1. The van der Waals surface area contributed by atoms with Gasteiger partial charge >= 0.3 is 0 Å². The Morgan fingerprint density at radius 2 is 1.74 bits per heavy atom. The number of rotatable bonds is 5. The monoisotopic (exact) mass is 418 g/mol. The molecule has 0 aliphatic carbocycles. The van der Waals surface area contributed by atoms with E-state index < -0.39 is 0 Å². The van der Waals surface area contributed by atoms with E-state index in [4.69, 9.17) is 4.52 Å². The predicted molar refractivity (Wildman–Crippen MR) is 122 cm³/mol. The van der Waals surface area contributed by atoms with Gasteiger partial charge in [0.25, 0.3) is 0 Å². The molecule has 0 radical (unpaired) electrons. The summed E-state index contributed by atoms with van der Waals surface area (Å²) >= 11 is 0. The maximum Gasteiger partial charge on any atom is 0.241 e. The fraction of sp³-hybridized carbons (Fsp3) is 0.458. The van der Waals surface area contributed by atoms with Crippen LogP contribution in [0.3, 0.4) is 0 Å². The molecule has 162 valence electrons. The number of pyridine rings is 1. The van der Waals surface area contributed by atoms with Gasteiger partial charge in [-0.05, 0) is 56.0 Å². The molecule has 4 heterocycles. The van der Waals surface area contributed by atoms with Crippen molar-refractivity contribution in [2.75, 3.05) is 49.1 Å². The third-order valence-electron chi connectivity index (χ3n) is 6.25. The molecule has 0 bridgehead atoms. The molecular formula is C24H30N6O. The van der Waals surface area contributed by atoms with Crippen molar-refractivity contribution in [2.24, 2.45) is 0 Å². The molecule has 3 aromatic rings. The van der Waals surface area contributed by atoms with Gasteiger partial charge in [-0.3, -0.25) is 4.90 Å². The number of aryl methyl sites for hydroxylation is 1. The summed E-state index contributed by atoms with van der Waals surface area (Å²) in [5, 5.41) is 4.19. The third-order valence-corrected chi connectivity index (χ3v) is 6.25. The summed E-state index contributed by atoms with van der Waals surface area (Å²) in [7, 11) is 0. The summed E-state index contributed by atoms with van der Waals surface area (Å²) in [4.78, 5) is 16.4. The van der Waals surface area contributed by atoms with Crippen LogP contribution in [0.15, 0.2) is 47.1 Å². The van der Waals surface area contributed by atoms with E-state index in [-0.39, 0.29) is 0 Å². The van der Waals surface area contributed by atoms with E-state index in [1.54, 1.807) is 0 Å². The first-order valence-corrected chi connectivity index (χ1v) is 11.3. The molecule has 2 saturated heterocycles. The zero-order chi connectivity index (χ0) is 21.0. The van der Waals surface area contributed by atoms with Crippen LogP contribution in [0.1, 0.15) is 30.7 Å². The molecule has 2 aliphatic rings. The highest BCUT2D eigenvalue weighted by molar-refractivity contribution is 5.56. The highest BCUT2D eigenvalue weighted by Gasteiger charge is 2.20. The van der Waals surface area contributed by atoms with Crippen LogP contribution in [0, 0.1) is 6.92 Å². The van der Waals surface area contributed by atoms with Crippen LogP contribution in [0.5, 0.6) is 0 Å². The van der Waals surface area contributed by atoms with E-state index in [0.717, 1.165) is 50.6 Å². The van der Waals surface area contributed by atoms with Gasteiger partial charge < -0.3 is 14.3 Å². The average molecular weight is 419 g/mol. The number of nitrogens with zero attached hydrogens (tertiary/aromatic N) is 6. The number of benzene rings is 1. The molecule has 0 unspecified atom stereocenters. The van der Waals surface area contributed by atoms with E-state index in [2.05, 4.69) is 67.1 Å². The highest BCUT2D eigenvalue weighted by Crippen LogP contribution is 2.22. The average Bonchev–Trinajstić information content (AvgIpc) is 3.29. The van der Waals surface area contributed by atoms with Gasteiger partial charge in [-0.1, -0.05) is 17.3 Å². The summed E-state index contributed by atoms with van der Waals surface area (Å²) in [6.45, 7) is 9.00. The lowest BCUT2D eigenvalue weighted by atomic mass is 10.1. The van der Waals surface area contributed by atoms with Crippen molar-refractivity contribution >= 4 is 11.5 Å². The largest absolute Gasteiger partial charge is 0.369 e. The van der Waals surface area contributed by atoms with Crippen molar-refractivity contribution in [3.05, 3.63) is 54.0 Å². The van der Waals surface area contributed by atoms with E-state index in [1.165, 1.54) is 30.5 Å². The first-order chi connectivity index (χ1) is 15.2. The Labute approximate surface area is 183 Å². The molecule has 1 aromatic carbocycles. The quantitative estimate of drug-likeness (QED) is 0.625. The topological polar surface area (TPSA) is 61.5 Å². The van der Waals surface area contributed by atoms with Gasteiger partial charge in [-0.15, -0.1) is 0 Å². The molecule has 2 aromatic heterocycles. The number of piperidine rings is 1. The van der Waals surface area contributed by atoms with Gasteiger partial charge in [0.05, 0.1) is 6.54 Å². The molecular weight excluding hydrogens is 388 g/mol. The standard InChI is InChI=1S/C24H30N6O/c1-19-6-5-7-21(16-19)29-14-12-28(13-15-29)18-23-26-24(27-31-23)20-8-9-22(25-17-20)30-10-3-2-4-11-30/h5-9,16-17H,2-4,10-15,18H2,1H3. The third kappa shape index (κ3) is 4.71. The van der Waals surface area contributed by atoms with Crippen LogP contribution in [0.4, 0.5) is 11.5 Å². The lowest BCUT2D eigenvalue weighted by Gasteiger charge is -2.35. The Morgan fingerprint density at radius 1 is 0.903 bits per heavy atom. The number of hydrogen-bond donors (Lipinski definition) is 0. The van der Waals surface area contributed by atoms with Crippen molar-refractivity contribution in [3.8, 4) is 11.4 Å². The number of anilines is 2. The van der Waals surface area contributed by atoms with Crippen molar-refractivity contribution in [3.63, 3.8) is 0 Å². The second-order valence-electron chi connectivity index (χ2n) is 8.57. The highest BCUT2D eigenvalue weighted by atomic mass is 16.5. The second-order valence-corrected chi connectivity index (χ2v) is 8.57. The summed E-state index contributed by atoms with van der Waals surface area (Å²) < 4.78 is 5.54. The van der Waals surface area contributed by atoms with Gasteiger partial charge in [0, 0.05) is 56.7 Å². The molecule has 7 nitrogen and oxygen atoms in total. The van der Waals surface area contributed by atoms with Crippen molar-refractivity contribution in [1.29, 1.82) is 0 Å². The van der Waals surface area contributed by atoms with Crippen LogP contribution in [-0.4, -0.2) is 59.3 Å². The molecule has 7 heteroatoms. The van der Waals surface area contributed by atoms with Gasteiger partial charge in [-0.25, -0.2) is 4.98 Å². The van der Waals surface area contributed by atoms with Crippen molar-refractivity contribution < 1.29 is 4.52 Å². The molecule has 2 aliphatic heterocycles. The van der Waals surface area contributed by atoms with Gasteiger partial charge in [0.15, 0.2) is 0 Å². The maximum atomic E-state index is 5.54. The first kappa shape index (κ1) is 20.0. The molecule has 0 saturated carbocycles. The number of aromatic nitrogens is 3. The van der Waals surface area contributed by atoms with Crippen LogP contribution >= 0.6 is 0 Å². The summed E-state index contributed by atoms with van der Waals surface area (Å²) in [5.41, 5.74) is 3.51. The molecule has 0 amide bonds. The fourth-order valence-electron chi connectivity index (χ4n) is 4.44.